The average molecular weight is 330 g/mol. The first-order valence-electron chi connectivity index (χ1n) is 6.68. The summed E-state index contributed by atoms with van der Waals surface area (Å²) in [5.74, 6) is 0.502. The molecular weight excluding hydrogens is 316 g/mol. The molecule has 5 nitrogen and oxygen atoms in total. The lowest BCUT2D eigenvalue weighted by molar-refractivity contribution is 0.0955. The average Bonchev–Trinajstić information content (AvgIpc) is 3.24. The number of nitrogens with zero attached hydrogens (tertiary/aromatic N) is 2. The van der Waals surface area contributed by atoms with E-state index in [2.05, 4.69) is 20.6 Å². The molecule has 0 unspecified atom stereocenters. The third-order valence-corrected chi connectivity index (χ3v) is 4.95. The predicted octanol–water partition coefficient (Wildman–Crippen LogP) is 3.24. The molecule has 22 heavy (non-hydrogen) atoms. The number of amides is 1. The van der Waals surface area contributed by atoms with Gasteiger partial charge in [0.05, 0.1) is 22.0 Å². The molecule has 1 amide bonds. The molecule has 0 bridgehead atoms. The van der Waals surface area contributed by atoms with E-state index in [-0.39, 0.29) is 5.91 Å². The van der Waals surface area contributed by atoms with Crippen LogP contribution in [0.5, 0.6) is 0 Å². The highest BCUT2D eigenvalue weighted by molar-refractivity contribution is 7.17. The molecule has 112 valence electrons. The van der Waals surface area contributed by atoms with Crippen molar-refractivity contribution in [3.8, 4) is 10.6 Å². The molecule has 0 atom stereocenters. The van der Waals surface area contributed by atoms with E-state index in [1.165, 1.54) is 11.3 Å². The maximum atomic E-state index is 12.2. The van der Waals surface area contributed by atoms with Crippen molar-refractivity contribution in [2.24, 2.45) is 0 Å². The van der Waals surface area contributed by atoms with E-state index < -0.39 is 0 Å². The van der Waals surface area contributed by atoms with Crippen LogP contribution in [-0.2, 0) is 6.54 Å². The quantitative estimate of drug-likeness (QED) is 0.754. The number of nitrogens with one attached hydrogen (secondary N) is 2. The normalized spacial score (nSPS) is 10.4. The molecule has 3 heterocycles. The lowest BCUT2D eigenvalue weighted by Crippen LogP contribution is -2.21. The maximum Gasteiger partial charge on any atom is 0.261 e. The minimum absolute atomic E-state index is 0.0625. The van der Waals surface area contributed by atoms with E-state index in [9.17, 15) is 4.79 Å². The zero-order chi connectivity index (χ0) is 15.4. The van der Waals surface area contributed by atoms with Gasteiger partial charge >= 0.3 is 0 Å². The van der Waals surface area contributed by atoms with Crippen LogP contribution in [0.15, 0.2) is 41.9 Å². The number of aromatic nitrogens is 2. The van der Waals surface area contributed by atoms with Crippen molar-refractivity contribution in [2.45, 2.75) is 6.54 Å². The van der Waals surface area contributed by atoms with Crippen LogP contribution in [0, 0.1) is 0 Å². The maximum absolute atomic E-state index is 12.2. The van der Waals surface area contributed by atoms with Crippen molar-refractivity contribution >= 4 is 34.5 Å². The van der Waals surface area contributed by atoms with Gasteiger partial charge in [-0.05, 0) is 29.6 Å². The van der Waals surface area contributed by atoms with Gasteiger partial charge in [-0.25, -0.2) is 9.97 Å². The number of hydrogen-bond donors (Lipinski definition) is 2. The van der Waals surface area contributed by atoms with Gasteiger partial charge in [-0.3, -0.25) is 4.79 Å². The molecule has 2 N–H and O–H groups in total. The van der Waals surface area contributed by atoms with Crippen molar-refractivity contribution in [1.29, 1.82) is 0 Å². The highest BCUT2D eigenvalue weighted by Gasteiger charge is 2.11. The van der Waals surface area contributed by atoms with E-state index in [1.807, 2.05) is 35.7 Å². The van der Waals surface area contributed by atoms with Gasteiger partial charge in [0.15, 0.2) is 0 Å². The van der Waals surface area contributed by atoms with Gasteiger partial charge in [0.1, 0.15) is 0 Å². The van der Waals surface area contributed by atoms with Crippen LogP contribution in [0.4, 0.5) is 5.95 Å². The van der Waals surface area contributed by atoms with Gasteiger partial charge in [0, 0.05) is 18.1 Å². The van der Waals surface area contributed by atoms with Crippen LogP contribution in [0.25, 0.3) is 10.6 Å². The molecule has 0 aliphatic heterocycles. The summed E-state index contributed by atoms with van der Waals surface area (Å²) >= 11 is 3.05. The van der Waals surface area contributed by atoms with Crippen molar-refractivity contribution in [3.63, 3.8) is 0 Å². The summed E-state index contributed by atoms with van der Waals surface area (Å²) in [6, 6.07) is 9.55. The number of carbonyl (C=O) groups excluding carboxylic acids is 1. The number of hydrogen-bond acceptors (Lipinski definition) is 6. The Morgan fingerprint density at radius 2 is 2.18 bits per heavy atom. The summed E-state index contributed by atoms with van der Waals surface area (Å²) in [7, 11) is 1.77. The van der Waals surface area contributed by atoms with Gasteiger partial charge in [-0.2, -0.15) is 0 Å². The van der Waals surface area contributed by atoms with Gasteiger partial charge in [0.2, 0.25) is 5.95 Å². The Morgan fingerprint density at radius 3 is 2.95 bits per heavy atom. The predicted molar refractivity (Wildman–Crippen MR) is 90.4 cm³/mol. The number of thiophene rings is 2. The fourth-order valence-electron chi connectivity index (χ4n) is 1.88. The van der Waals surface area contributed by atoms with Gasteiger partial charge in [-0.1, -0.05) is 6.07 Å². The Balaban J connectivity index is 1.71. The van der Waals surface area contributed by atoms with Crippen molar-refractivity contribution in [2.75, 3.05) is 12.4 Å². The molecule has 0 saturated heterocycles. The van der Waals surface area contributed by atoms with Crippen LogP contribution in [-0.4, -0.2) is 22.9 Å². The Bertz CT molecular complexity index is 767. The fourth-order valence-corrected chi connectivity index (χ4v) is 3.42. The minimum Gasteiger partial charge on any atom is -0.357 e. The number of carbonyl (C=O) groups is 1. The van der Waals surface area contributed by atoms with E-state index in [1.54, 1.807) is 24.6 Å². The third kappa shape index (κ3) is 3.32. The Kier molecular flexibility index (Phi) is 4.45. The molecule has 0 aliphatic rings. The van der Waals surface area contributed by atoms with Crippen LogP contribution in [0.2, 0.25) is 0 Å². The van der Waals surface area contributed by atoms with Crippen LogP contribution in [0.3, 0.4) is 0 Å². The third-order valence-electron chi connectivity index (χ3n) is 2.96. The van der Waals surface area contributed by atoms with Crippen LogP contribution < -0.4 is 10.6 Å². The molecule has 3 aromatic heterocycles. The van der Waals surface area contributed by atoms with Crippen molar-refractivity contribution < 1.29 is 4.79 Å². The molecule has 0 aromatic carbocycles. The summed E-state index contributed by atoms with van der Waals surface area (Å²) in [5.41, 5.74) is 0.807. The van der Waals surface area contributed by atoms with Gasteiger partial charge < -0.3 is 10.6 Å². The lowest BCUT2D eigenvalue weighted by atomic mass is 10.3. The molecule has 3 rings (SSSR count). The molecule has 0 fully saturated rings. The zero-order valence-corrected chi connectivity index (χ0v) is 13.5. The molecule has 0 radical (unpaired) electrons. The first-order chi connectivity index (χ1) is 10.8. The largest absolute Gasteiger partial charge is 0.357 e. The topological polar surface area (TPSA) is 66.9 Å². The standard InChI is InChI=1S/C15H14N4OS2/c1-16-15-17-7-6-11(19-15)12-4-5-13(22-12)14(20)18-9-10-3-2-8-21-10/h2-8H,9H2,1H3,(H,18,20)(H,16,17,19). The second-order valence-corrected chi connectivity index (χ2v) is 6.56. The highest BCUT2D eigenvalue weighted by atomic mass is 32.1. The molecule has 3 aromatic rings. The summed E-state index contributed by atoms with van der Waals surface area (Å²) in [6.07, 6.45) is 1.70. The van der Waals surface area contributed by atoms with Gasteiger partial charge in [0.25, 0.3) is 5.91 Å². The summed E-state index contributed by atoms with van der Waals surface area (Å²) < 4.78 is 0. The highest BCUT2D eigenvalue weighted by Crippen LogP contribution is 2.27. The number of rotatable bonds is 5. The van der Waals surface area contributed by atoms with Crippen molar-refractivity contribution in [3.05, 3.63) is 51.7 Å². The van der Waals surface area contributed by atoms with Crippen molar-refractivity contribution in [1.82, 2.24) is 15.3 Å². The van der Waals surface area contributed by atoms with E-state index in [0.29, 0.717) is 17.4 Å². The summed E-state index contributed by atoms with van der Waals surface area (Å²) in [4.78, 5) is 23.4. The van der Waals surface area contributed by atoms with Crippen LogP contribution in [0.1, 0.15) is 14.5 Å². The Morgan fingerprint density at radius 1 is 1.27 bits per heavy atom. The second-order valence-electron chi connectivity index (χ2n) is 4.44. The van der Waals surface area contributed by atoms with E-state index in [4.69, 9.17) is 0 Å². The molecule has 0 saturated carbocycles. The fraction of sp³-hybridized carbons (Fsp3) is 0.133. The first kappa shape index (κ1) is 14.7. The molecule has 0 aliphatic carbocycles. The SMILES string of the molecule is CNc1nccc(-c2ccc(C(=O)NCc3cccs3)s2)n1. The first-order valence-corrected chi connectivity index (χ1v) is 8.37. The second kappa shape index (κ2) is 6.67. The molecule has 7 heteroatoms. The molecule has 0 spiro atoms. The van der Waals surface area contributed by atoms with Crippen LogP contribution >= 0.6 is 22.7 Å². The molecular formula is C15H14N4OS2. The smallest absolute Gasteiger partial charge is 0.261 e. The van der Waals surface area contributed by atoms with Gasteiger partial charge in [-0.15, -0.1) is 22.7 Å². The summed E-state index contributed by atoms with van der Waals surface area (Å²) in [6.45, 7) is 0.557. The zero-order valence-electron chi connectivity index (χ0n) is 11.9. The summed E-state index contributed by atoms with van der Waals surface area (Å²) in [5, 5.41) is 7.83. The number of anilines is 1. The monoisotopic (exact) mass is 330 g/mol. The van der Waals surface area contributed by atoms with E-state index in [0.717, 1.165) is 15.4 Å². The Hall–Kier alpha value is -2.25. The Labute approximate surface area is 136 Å². The van der Waals surface area contributed by atoms with E-state index >= 15 is 0 Å². The minimum atomic E-state index is -0.0625. The lowest BCUT2D eigenvalue weighted by Gasteiger charge is -2.01.